The van der Waals surface area contributed by atoms with Gasteiger partial charge < -0.3 is 10.6 Å². The van der Waals surface area contributed by atoms with E-state index in [1.165, 1.54) is 0 Å². The average Bonchev–Trinajstić information content (AvgIpc) is 2.58. The molecule has 0 aliphatic carbocycles. The van der Waals surface area contributed by atoms with Crippen LogP contribution in [0.4, 0.5) is 5.69 Å². The van der Waals surface area contributed by atoms with E-state index in [1.54, 1.807) is 0 Å². The van der Waals surface area contributed by atoms with Gasteiger partial charge in [-0.3, -0.25) is 0 Å². The van der Waals surface area contributed by atoms with Crippen LogP contribution in [0.1, 0.15) is 12.5 Å². The Hall–Kier alpha value is -1.05. The van der Waals surface area contributed by atoms with Crippen molar-refractivity contribution < 1.29 is 0 Å². The second-order valence-electron chi connectivity index (χ2n) is 4.36. The Bertz CT molecular complexity index is 428. The lowest BCUT2D eigenvalue weighted by Gasteiger charge is -2.18. The molecule has 0 amide bonds. The van der Waals surface area contributed by atoms with Crippen molar-refractivity contribution in [1.82, 2.24) is 0 Å². The first kappa shape index (κ1) is 11.4. The van der Waals surface area contributed by atoms with Crippen molar-refractivity contribution in [2.45, 2.75) is 13.0 Å². The highest BCUT2D eigenvalue weighted by Crippen LogP contribution is 2.27. The molecule has 16 heavy (non-hydrogen) atoms. The zero-order chi connectivity index (χ0) is 11.7. The lowest BCUT2D eigenvalue weighted by molar-refractivity contribution is 0.566. The monoisotopic (exact) mass is 279 g/mol. The summed E-state index contributed by atoms with van der Waals surface area (Å²) in [4.78, 5) is 2.24. The van der Waals surface area contributed by atoms with E-state index in [4.69, 9.17) is 11.0 Å². The summed E-state index contributed by atoms with van der Waals surface area (Å²) in [6, 6.07) is 8.16. The Morgan fingerprint density at radius 3 is 2.75 bits per heavy atom. The number of nitrogens with zero attached hydrogens (tertiary/aromatic N) is 2. The first-order valence-corrected chi connectivity index (χ1v) is 6.10. The second-order valence-corrected chi connectivity index (χ2v) is 5.27. The second kappa shape index (κ2) is 4.44. The van der Waals surface area contributed by atoms with Crippen LogP contribution in [0.3, 0.4) is 0 Å². The highest BCUT2D eigenvalue weighted by atomic mass is 79.9. The van der Waals surface area contributed by atoms with Crippen LogP contribution in [0.15, 0.2) is 22.7 Å². The Balaban J connectivity index is 2.28. The van der Waals surface area contributed by atoms with Gasteiger partial charge in [0, 0.05) is 29.3 Å². The van der Waals surface area contributed by atoms with E-state index >= 15 is 0 Å². The Kier molecular flexibility index (Phi) is 3.17. The Morgan fingerprint density at radius 1 is 1.44 bits per heavy atom. The van der Waals surface area contributed by atoms with Gasteiger partial charge in [-0.05, 0) is 24.1 Å². The number of anilines is 1. The van der Waals surface area contributed by atoms with Crippen LogP contribution in [0.5, 0.6) is 0 Å². The molecule has 1 heterocycles. The molecule has 0 radical (unpaired) electrons. The predicted molar refractivity (Wildman–Crippen MR) is 68.2 cm³/mol. The first-order chi connectivity index (χ1) is 7.60. The summed E-state index contributed by atoms with van der Waals surface area (Å²) in [5.41, 5.74) is 7.75. The SMILES string of the molecule is CC1CN(c2cc(Br)cc(C#N)c2)CC1N. The van der Waals surface area contributed by atoms with Gasteiger partial charge in [0.15, 0.2) is 0 Å². The summed E-state index contributed by atoms with van der Waals surface area (Å²) >= 11 is 3.42. The zero-order valence-electron chi connectivity index (χ0n) is 9.15. The summed E-state index contributed by atoms with van der Waals surface area (Å²) < 4.78 is 0.940. The van der Waals surface area contributed by atoms with Gasteiger partial charge in [-0.1, -0.05) is 22.9 Å². The fraction of sp³-hybridized carbons (Fsp3) is 0.417. The van der Waals surface area contributed by atoms with Crippen LogP contribution in [0.2, 0.25) is 0 Å². The molecule has 1 aliphatic rings. The molecule has 0 saturated carbocycles. The fourth-order valence-electron chi connectivity index (χ4n) is 2.02. The van der Waals surface area contributed by atoms with Crippen LogP contribution in [-0.2, 0) is 0 Å². The topological polar surface area (TPSA) is 53.0 Å². The highest BCUT2D eigenvalue weighted by Gasteiger charge is 2.26. The van der Waals surface area contributed by atoms with Gasteiger partial charge >= 0.3 is 0 Å². The van der Waals surface area contributed by atoms with E-state index in [0.29, 0.717) is 11.5 Å². The van der Waals surface area contributed by atoms with Crippen LogP contribution < -0.4 is 10.6 Å². The largest absolute Gasteiger partial charge is 0.370 e. The number of nitrogens with two attached hydrogens (primary N) is 1. The van der Waals surface area contributed by atoms with Crippen molar-refractivity contribution in [3.63, 3.8) is 0 Å². The van der Waals surface area contributed by atoms with Crippen molar-refractivity contribution in [3.05, 3.63) is 28.2 Å². The smallest absolute Gasteiger partial charge is 0.0992 e. The van der Waals surface area contributed by atoms with E-state index in [1.807, 2.05) is 18.2 Å². The van der Waals surface area contributed by atoms with Crippen molar-refractivity contribution in [1.29, 1.82) is 5.26 Å². The molecule has 2 N–H and O–H groups in total. The molecule has 3 nitrogen and oxygen atoms in total. The molecule has 0 bridgehead atoms. The zero-order valence-corrected chi connectivity index (χ0v) is 10.7. The normalized spacial score (nSPS) is 24.5. The maximum absolute atomic E-state index is 8.92. The molecule has 1 aliphatic heterocycles. The van der Waals surface area contributed by atoms with Gasteiger partial charge in [0.2, 0.25) is 0 Å². The molecular formula is C12H14BrN3. The van der Waals surface area contributed by atoms with E-state index in [9.17, 15) is 0 Å². The third-order valence-electron chi connectivity index (χ3n) is 3.05. The molecule has 0 aromatic heterocycles. The predicted octanol–water partition coefficient (Wildman–Crippen LogP) is 2.10. The standard InChI is InChI=1S/C12H14BrN3/c1-8-6-16(7-12(8)15)11-3-9(5-14)2-10(13)4-11/h2-4,8,12H,6-7,15H2,1H3. The summed E-state index contributed by atoms with van der Waals surface area (Å²) in [6.07, 6.45) is 0. The summed E-state index contributed by atoms with van der Waals surface area (Å²) in [5.74, 6) is 0.504. The Morgan fingerprint density at radius 2 is 2.19 bits per heavy atom. The number of halogens is 1. The van der Waals surface area contributed by atoms with Crippen LogP contribution in [0.25, 0.3) is 0 Å². The quantitative estimate of drug-likeness (QED) is 0.857. The van der Waals surface area contributed by atoms with Crippen molar-refractivity contribution in [3.8, 4) is 6.07 Å². The number of benzene rings is 1. The van der Waals surface area contributed by atoms with Gasteiger partial charge in [0.1, 0.15) is 0 Å². The average molecular weight is 280 g/mol. The number of rotatable bonds is 1. The van der Waals surface area contributed by atoms with Crippen LogP contribution in [0, 0.1) is 17.2 Å². The maximum Gasteiger partial charge on any atom is 0.0992 e. The Labute approximate surface area is 104 Å². The molecule has 4 heteroatoms. The minimum absolute atomic E-state index is 0.226. The number of hydrogen-bond donors (Lipinski definition) is 1. The van der Waals surface area contributed by atoms with Gasteiger partial charge in [0.05, 0.1) is 11.6 Å². The lowest BCUT2D eigenvalue weighted by Crippen LogP contribution is -2.28. The third kappa shape index (κ3) is 2.21. The summed E-state index contributed by atoms with van der Waals surface area (Å²) in [5, 5.41) is 8.92. The first-order valence-electron chi connectivity index (χ1n) is 5.31. The van der Waals surface area contributed by atoms with Gasteiger partial charge in [-0.25, -0.2) is 0 Å². The highest BCUT2D eigenvalue weighted by molar-refractivity contribution is 9.10. The van der Waals surface area contributed by atoms with Gasteiger partial charge in [-0.2, -0.15) is 5.26 Å². The molecule has 0 spiro atoms. The summed E-state index contributed by atoms with van der Waals surface area (Å²) in [6.45, 7) is 3.98. The molecule has 1 aromatic rings. The van der Waals surface area contributed by atoms with Crippen molar-refractivity contribution >= 4 is 21.6 Å². The molecule has 1 saturated heterocycles. The summed E-state index contributed by atoms with van der Waals surface area (Å²) in [7, 11) is 0. The lowest BCUT2D eigenvalue weighted by atomic mass is 10.1. The van der Waals surface area contributed by atoms with Gasteiger partial charge in [0.25, 0.3) is 0 Å². The molecule has 1 fully saturated rings. The number of nitriles is 1. The van der Waals surface area contributed by atoms with Gasteiger partial charge in [-0.15, -0.1) is 0 Å². The van der Waals surface area contributed by atoms with Crippen LogP contribution in [-0.4, -0.2) is 19.1 Å². The van der Waals surface area contributed by atoms with E-state index in [2.05, 4.69) is 33.8 Å². The minimum Gasteiger partial charge on any atom is -0.370 e. The number of hydrogen-bond acceptors (Lipinski definition) is 3. The van der Waals surface area contributed by atoms with Crippen LogP contribution >= 0.6 is 15.9 Å². The molecule has 2 unspecified atom stereocenters. The van der Waals surface area contributed by atoms with Crippen molar-refractivity contribution in [2.24, 2.45) is 11.7 Å². The maximum atomic E-state index is 8.92. The molecule has 84 valence electrons. The fourth-order valence-corrected chi connectivity index (χ4v) is 2.51. The molecular weight excluding hydrogens is 266 g/mol. The van der Waals surface area contributed by atoms with E-state index in [0.717, 1.165) is 23.2 Å². The van der Waals surface area contributed by atoms with E-state index < -0.39 is 0 Å². The molecule has 2 rings (SSSR count). The van der Waals surface area contributed by atoms with Crippen molar-refractivity contribution in [2.75, 3.05) is 18.0 Å². The minimum atomic E-state index is 0.226. The molecule has 1 aromatic carbocycles. The third-order valence-corrected chi connectivity index (χ3v) is 3.51. The molecule has 2 atom stereocenters. The van der Waals surface area contributed by atoms with E-state index in [-0.39, 0.29) is 6.04 Å².